The van der Waals surface area contributed by atoms with Crippen molar-refractivity contribution in [2.24, 2.45) is 0 Å². The number of hydrogen-bond donors (Lipinski definition) is 0. The van der Waals surface area contributed by atoms with E-state index in [-0.39, 0.29) is 13.3 Å². The van der Waals surface area contributed by atoms with Crippen LogP contribution in [0.5, 0.6) is 0 Å². The average molecular weight is 278 g/mol. The number of esters is 1. The number of carbonyl (C=O) groups is 3. The summed E-state index contributed by atoms with van der Waals surface area (Å²) < 4.78 is 9.66. The number of nitrogens with zero attached hydrogens (tertiary/aromatic N) is 1. The summed E-state index contributed by atoms with van der Waals surface area (Å²) >= 11 is 0. The molecule has 106 valence electrons. The molecule has 0 N–H and O–H groups in total. The van der Waals surface area contributed by atoms with Crippen molar-refractivity contribution in [3.63, 3.8) is 0 Å². The molecule has 1 aliphatic rings. The Balaban J connectivity index is 1.94. The molecule has 1 aromatic rings. The molecule has 0 bridgehead atoms. The summed E-state index contributed by atoms with van der Waals surface area (Å²) in [6.07, 6.45) is -1.41. The molecule has 1 saturated heterocycles. The molecule has 1 heterocycles. The monoisotopic (exact) mass is 278 g/mol. The molecule has 1 amide bonds. The number of amides is 1. The summed E-state index contributed by atoms with van der Waals surface area (Å²) in [5.41, 5.74) is 0.781. The fourth-order valence-electron chi connectivity index (χ4n) is 1.78. The number of carbonyl (C=O) groups excluding carboxylic acids is 3. The summed E-state index contributed by atoms with van der Waals surface area (Å²) in [4.78, 5) is 34.6. The van der Waals surface area contributed by atoms with Crippen molar-refractivity contribution < 1.29 is 29.0 Å². The summed E-state index contributed by atoms with van der Waals surface area (Å²) in [5, 5.41) is 10.6. The van der Waals surface area contributed by atoms with E-state index in [1.165, 1.54) is 0 Å². The highest BCUT2D eigenvalue weighted by atomic mass is 16.6. The molecule has 0 saturated carbocycles. The molecule has 1 atom stereocenters. The predicted molar refractivity (Wildman–Crippen MR) is 62.8 cm³/mol. The zero-order valence-corrected chi connectivity index (χ0v) is 10.5. The highest BCUT2D eigenvalue weighted by Gasteiger charge is 2.38. The predicted octanol–water partition coefficient (Wildman–Crippen LogP) is -0.352. The van der Waals surface area contributed by atoms with E-state index in [9.17, 15) is 19.5 Å². The smallest absolute Gasteiger partial charge is 0.413 e. The van der Waals surface area contributed by atoms with E-state index in [0.717, 1.165) is 10.5 Å². The molecule has 2 rings (SSSR count). The van der Waals surface area contributed by atoms with Crippen molar-refractivity contribution in [2.75, 3.05) is 6.73 Å². The van der Waals surface area contributed by atoms with Gasteiger partial charge in [-0.3, -0.25) is 4.90 Å². The van der Waals surface area contributed by atoms with Gasteiger partial charge in [-0.1, -0.05) is 30.3 Å². The Morgan fingerprint density at radius 2 is 2.05 bits per heavy atom. The lowest BCUT2D eigenvalue weighted by atomic mass is 10.2. The zero-order valence-electron chi connectivity index (χ0n) is 10.5. The molecule has 0 radical (unpaired) electrons. The molecule has 1 aromatic carbocycles. The Bertz CT molecular complexity index is 515. The second-order valence-corrected chi connectivity index (χ2v) is 4.19. The van der Waals surface area contributed by atoms with E-state index in [2.05, 4.69) is 4.74 Å². The maximum atomic E-state index is 11.8. The van der Waals surface area contributed by atoms with Crippen LogP contribution in [-0.4, -0.2) is 35.7 Å². The van der Waals surface area contributed by atoms with Crippen molar-refractivity contribution >= 4 is 18.0 Å². The van der Waals surface area contributed by atoms with Gasteiger partial charge in [0.15, 0.2) is 6.73 Å². The van der Waals surface area contributed by atoms with Gasteiger partial charge in [0.1, 0.15) is 12.6 Å². The number of benzene rings is 1. The van der Waals surface area contributed by atoms with E-state index < -0.39 is 30.5 Å². The van der Waals surface area contributed by atoms with Crippen LogP contribution < -0.4 is 5.11 Å². The lowest BCUT2D eigenvalue weighted by Gasteiger charge is -2.19. The van der Waals surface area contributed by atoms with Gasteiger partial charge in [-0.05, 0) is 5.56 Å². The third-order valence-electron chi connectivity index (χ3n) is 2.79. The van der Waals surface area contributed by atoms with Crippen LogP contribution in [0.15, 0.2) is 30.3 Å². The van der Waals surface area contributed by atoms with Gasteiger partial charge < -0.3 is 19.4 Å². The lowest BCUT2D eigenvalue weighted by Crippen LogP contribution is -2.42. The zero-order chi connectivity index (χ0) is 14.5. The van der Waals surface area contributed by atoms with E-state index in [1.807, 2.05) is 6.07 Å². The van der Waals surface area contributed by atoms with Crippen LogP contribution in [0.1, 0.15) is 12.0 Å². The molecule has 1 aliphatic heterocycles. The van der Waals surface area contributed by atoms with Gasteiger partial charge in [-0.2, -0.15) is 0 Å². The van der Waals surface area contributed by atoms with Crippen LogP contribution in [0.25, 0.3) is 0 Å². The third-order valence-corrected chi connectivity index (χ3v) is 2.79. The van der Waals surface area contributed by atoms with Gasteiger partial charge in [0, 0.05) is 12.4 Å². The van der Waals surface area contributed by atoms with Crippen molar-refractivity contribution in [1.29, 1.82) is 0 Å². The molecule has 1 fully saturated rings. The molecule has 0 aliphatic carbocycles. The first kappa shape index (κ1) is 13.9. The SMILES string of the molecule is O=C([O-])C[C@@H]1C(=O)OCN1C(=O)OCc1ccccc1. The van der Waals surface area contributed by atoms with Crippen LogP contribution in [0.2, 0.25) is 0 Å². The van der Waals surface area contributed by atoms with E-state index >= 15 is 0 Å². The summed E-state index contributed by atoms with van der Waals surface area (Å²) in [5.74, 6) is -2.21. The van der Waals surface area contributed by atoms with Crippen LogP contribution in [0.3, 0.4) is 0 Å². The highest BCUT2D eigenvalue weighted by molar-refractivity contribution is 5.87. The van der Waals surface area contributed by atoms with E-state index in [4.69, 9.17) is 4.74 Å². The Hall–Kier alpha value is -2.57. The average Bonchev–Trinajstić information content (AvgIpc) is 2.78. The second-order valence-electron chi connectivity index (χ2n) is 4.19. The molecule has 0 aromatic heterocycles. The quantitative estimate of drug-likeness (QED) is 0.698. The van der Waals surface area contributed by atoms with Crippen molar-refractivity contribution in [3.05, 3.63) is 35.9 Å². The van der Waals surface area contributed by atoms with Crippen molar-refractivity contribution in [3.8, 4) is 0 Å². The Morgan fingerprint density at radius 3 is 2.70 bits per heavy atom. The maximum Gasteiger partial charge on any atom is 0.413 e. The van der Waals surface area contributed by atoms with Crippen molar-refractivity contribution in [1.82, 2.24) is 4.90 Å². The fraction of sp³-hybridized carbons (Fsp3) is 0.308. The number of carboxylic acid groups (broad SMARTS) is 1. The summed E-state index contributed by atoms with van der Waals surface area (Å²) in [7, 11) is 0. The van der Waals surface area contributed by atoms with Gasteiger partial charge in [0.25, 0.3) is 0 Å². The Labute approximate surface area is 114 Å². The van der Waals surface area contributed by atoms with Gasteiger partial charge in [0.05, 0.1) is 0 Å². The standard InChI is InChI=1S/C13H13NO6/c15-11(16)6-10-12(17)20-8-14(10)13(18)19-7-9-4-2-1-3-5-9/h1-5,10H,6-8H2,(H,15,16)/p-1/t10-/m1/s1. The number of cyclic esters (lactones) is 1. The number of ether oxygens (including phenoxy) is 2. The molecular formula is C13H12NO6-. The summed E-state index contributed by atoms with van der Waals surface area (Å²) in [6, 6.07) is 7.78. The minimum atomic E-state index is -1.44. The minimum absolute atomic E-state index is 0.0302. The van der Waals surface area contributed by atoms with E-state index in [0.29, 0.717) is 0 Å². The summed E-state index contributed by atoms with van der Waals surface area (Å²) in [6.45, 7) is -0.285. The fourth-order valence-corrected chi connectivity index (χ4v) is 1.78. The molecule has 7 heteroatoms. The topological polar surface area (TPSA) is 96.0 Å². The van der Waals surface area contributed by atoms with Crippen LogP contribution in [0, 0.1) is 0 Å². The normalized spacial score (nSPS) is 17.7. The Morgan fingerprint density at radius 1 is 1.35 bits per heavy atom. The first-order valence-corrected chi connectivity index (χ1v) is 5.91. The number of hydrogen-bond acceptors (Lipinski definition) is 6. The second kappa shape index (κ2) is 6.05. The molecule has 0 spiro atoms. The number of rotatable bonds is 4. The highest BCUT2D eigenvalue weighted by Crippen LogP contribution is 2.16. The van der Waals surface area contributed by atoms with Gasteiger partial charge in [-0.25, -0.2) is 9.59 Å². The third kappa shape index (κ3) is 3.25. The molecular weight excluding hydrogens is 266 g/mol. The number of aliphatic carboxylic acids is 1. The maximum absolute atomic E-state index is 11.8. The largest absolute Gasteiger partial charge is 0.550 e. The lowest BCUT2D eigenvalue weighted by molar-refractivity contribution is -0.306. The molecule has 7 nitrogen and oxygen atoms in total. The van der Waals surface area contributed by atoms with Crippen LogP contribution in [-0.2, 0) is 25.7 Å². The van der Waals surface area contributed by atoms with Gasteiger partial charge in [0.2, 0.25) is 0 Å². The molecule has 0 unspecified atom stereocenters. The van der Waals surface area contributed by atoms with Gasteiger partial charge >= 0.3 is 12.1 Å². The van der Waals surface area contributed by atoms with Crippen LogP contribution in [0.4, 0.5) is 4.79 Å². The van der Waals surface area contributed by atoms with Crippen LogP contribution >= 0.6 is 0 Å². The van der Waals surface area contributed by atoms with Gasteiger partial charge in [-0.15, -0.1) is 0 Å². The number of carboxylic acids is 1. The first-order chi connectivity index (χ1) is 9.58. The Kier molecular flexibility index (Phi) is 4.19. The first-order valence-electron chi connectivity index (χ1n) is 5.91. The van der Waals surface area contributed by atoms with Crippen molar-refractivity contribution in [2.45, 2.75) is 19.1 Å². The van der Waals surface area contributed by atoms with E-state index in [1.54, 1.807) is 24.3 Å². The molecule has 20 heavy (non-hydrogen) atoms. The minimum Gasteiger partial charge on any atom is -0.550 e.